The Labute approximate surface area is 122 Å². The molecule has 0 spiro atoms. The first kappa shape index (κ1) is 19.4. The van der Waals surface area contributed by atoms with Crippen LogP contribution in [0.4, 0.5) is 13.2 Å². The summed E-state index contributed by atoms with van der Waals surface area (Å²) in [5, 5.41) is 11.4. The highest BCUT2D eigenvalue weighted by atomic mass is 19.4. The number of hydrogen-bond acceptors (Lipinski definition) is 5. The molecular weight excluding hydrogens is 311 g/mol. The SMILES string of the molecule is COC(=O)c1ccc(C(=O)NCC[NH3+])[nH]1.O=C([O-])C(F)(F)F. The fraction of sp³-hybridized carbons (Fsp3) is 0.364. The summed E-state index contributed by atoms with van der Waals surface area (Å²) in [6.45, 7) is 1.13. The van der Waals surface area contributed by atoms with E-state index in [1.54, 1.807) is 0 Å². The summed E-state index contributed by atoms with van der Waals surface area (Å²) >= 11 is 0. The number of nitrogens with one attached hydrogen (secondary N) is 2. The molecule has 0 aliphatic carbocycles. The number of alkyl halides is 3. The van der Waals surface area contributed by atoms with E-state index in [0.29, 0.717) is 18.8 Å². The van der Waals surface area contributed by atoms with E-state index in [-0.39, 0.29) is 11.6 Å². The molecule has 124 valence electrons. The van der Waals surface area contributed by atoms with Crippen LogP contribution in [0.25, 0.3) is 0 Å². The third kappa shape index (κ3) is 6.74. The topological polar surface area (TPSA) is 139 Å². The average molecular weight is 325 g/mol. The number of ether oxygens (including phenoxy) is 1. The van der Waals surface area contributed by atoms with E-state index in [2.05, 4.69) is 20.8 Å². The van der Waals surface area contributed by atoms with Crippen LogP contribution in [0.15, 0.2) is 12.1 Å². The van der Waals surface area contributed by atoms with E-state index in [9.17, 15) is 22.8 Å². The third-order valence-corrected chi connectivity index (χ3v) is 2.03. The lowest BCUT2D eigenvalue weighted by atomic mass is 10.4. The van der Waals surface area contributed by atoms with Crippen molar-refractivity contribution in [2.45, 2.75) is 6.18 Å². The number of quaternary nitrogens is 1. The maximum Gasteiger partial charge on any atom is 0.430 e. The standard InChI is InChI=1S/C9H13N3O3.C2HF3O2/c1-15-9(14)7-3-2-6(12-7)8(13)11-5-4-10;3-2(4,5)1(6)7/h2-3,12H,4-5,10H2,1H3,(H,11,13);(H,6,7). The number of rotatable bonds is 4. The Morgan fingerprint density at radius 1 is 1.32 bits per heavy atom. The molecule has 0 bridgehead atoms. The number of carboxylic acids is 1. The number of aromatic nitrogens is 1. The predicted molar refractivity (Wildman–Crippen MR) is 63.3 cm³/mol. The van der Waals surface area contributed by atoms with Gasteiger partial charge in [-0.1, -0.05) is 0 Å². The molecule has 0 aliphatic rings. The average Bonchev–Trinajstić information content (AvgIpc) is 2.93. The van der Waals surface area contributed by atoms with Gasteiger partial charge in [0.25, 0.3) is 5.91 Å². The molecule has 5 N–H and O–H groups in total. The van der Waals surface area contributed by atoms with Crippen LogP contribution in [-0.2, 0) is 9.53 Å². The molecule has 0 radical (unpaired) electrons. The van der Waals surface area contributed by atoms with Gasteiger partial charge in [0, 0.05) is 0 Å². The molecule has 0 atom stereocenters. The minimum absolute atomic E-state index is 0.256. The first-order chi connectivity index (χ1) is 10.1. The molecular formula is C11H14F3N3O5. The van der Waals surface area contributed by atoms with Crippen molar-refractivity contribution in [3.05, 3.63) is 23.5 Å². The van der Waals surface area contributed by atoms with Gasteiger partial charge in [0.2, 0.25) is 0 Å². The Bertz CT molecular complexity index is 527. The van der Waals surface area contributed by atoms with Crippen molar-refractivity contribution in [2.75, 3.05) is 20.2 Å². The predicted octanol–water partition coefficient (Wildman–Crippen LogP) is -1.93. The van der Waals surface area contributed by atoms with E-state index < -0.39 is 18.1 Å². The van der Waals surface area contributed by atoms with Crippen LogP contribution in [0.2, 0.25) is 0 Å². The summed E-state index contributed by atoms with van der Waals surface area (Å²) in [4.78, 5) is 33.9. The Hall–Kier alpha value is -2.56. The Kier molecular flexibility index (Phi) is 7.66. The zero-order valence-corrected chi connectivity index (χ0v) is 11.5. The van der Waals surface area contributed by atoms with Gasteiger partial charge in [-0.15, -0.1) is 0 Å². The Balaban J connectivity index is 0.000000534. The van der Waals surface area contributed by atoms with Crippen molar-refractivity contribution < 1.29 is 43.1 Å². The highest BCUT2D eigenvalue weighted by Crippen LogP contribution is 2.11. The van der Waals surface area contributed by atoms with Crippen LogP contribution in [0.3, 0.4) is 0 Å². The van der Waals surface area contributed by atoms with Crippen LogP contribution in [-0.4, -0.2) is 49.2 Å². The van der Waals surface area contributed by atoms with E-state index in [1.807, 2.05) is 0 Å². The second kappa shape index (κ2) is 8.67. The van der Waals surface area contributed by atoms with E-state index in [0.717, 1.165) is 0 Å². The number of carbonyl (C=O) groups excluding carboxylic acids is 3. The minimum Gasteiger partial charge on any atom is -0.542 e. The number of halogens is 3. The van der Waals surface area contributed by atoms with Crippen molar-refractivity contribution in [1.29, 1.82) is 0 Å². The number of aliphatic carboxylic acids is 1. The van der Waals surface area contributed by atoms with Gasteiger partial charge in [-0.3, -0.25) is 4.79 Å². The molecule has 1 aromatic heterocycles. The molecule has 0 aliphatic heterocycles. The van der Waals surface area contributed by atoms with Crippen LogP contribution in [0.5, 0.6) is 0 Å². The van der Waals surface area contributed by atoms with E-state index in [4.69, 9.17) is 9.90 Å². The molecule has 0 fully saturated rings. The second-order valence-electron chi connectivity index (χ2n) is 3.67. The van der Waals surface area contributed by atoms with E-state index >= 15 is 0 Å². The zero-order chi connectivity index (χ0) is 17.3. The van der Waals surface area contributed by atoms with Crippen molar-refractivity contribution in [3.8, 4) is 0 Å². The number of H-pyrrole nitrogens is 1. The minimum atomic E-state index is -5.19. The normalized spacial score (nSPS) is 10.2. The molecule has 22 heavy (non-hydrogen) atoms. The Morgan fingerprint density at radius 3 is 2.23 bits per heavy atom. The monoisotopic (exact) mass is 325 g/mol. The third-order valence-electron chi connectivity index (χ3n) is 2.03. The van der Waals surface area contributed by atoms with Gasteiger partial charge >= 0.3 is 12.1 Å². The summed E-state index contributed by atoms with van der Waals surface area (Å²) in [5.74, 6) is -3.76. The van der Waals surface area contributed by atoms with Gasteiger partial charge in [0.15, 0.2) is 0 Å². The second-order valence-corrected chi connectivity index (χ2v) is 3.67. The lowest BCUT2D eigenvalue weighted by molar-refractivity contribution is -0.364. The van der Waals surface area contributed by atoms with Gasteiger partial charge in [-0.2, -0.15) is 13.2 Å². The molecule has 1 amide bonds. The van der Waals surface area contributed by atoms with Crippen molar-refractivity contribution >= 4 is 17.8 Å². The first-order valence-corrected chi connectivity index (χ1v) is 5.76. The van der Waals surface area contributed by atoms with Gasteiger partial charge < -0.3 is 30.7 Å². The number of hydrogen-bond donors (Lipinski definition) is 3. The summed E-state index contributed by atoms with van der Waals surface area (Å²) in [7, 11) is 1.28. The first-order valence-electron chi connectivity index (χ1n) is 5.76. The lowest BCUT2D eigenvalue weighted by Gasteiger charge is -2.03. The molecule has 0 saturated carbocycles. The molecule has 0 saturated heterocycles. The molecule has 11 heteroatoms. The van der Waals surface area contributed by atoms with Crippen LogP contribution < -0.4 is 16.2 Å². The maximum atomic E-state index is 11.4. The molecule has 0 aromatic carbocycles. The number of esters is 1. The summed E-state index contributed by atoms with van der Waals surface area (Å²) in [6, 6.07) is 3.04. The number of carbonyl (C=O) groups is 3. The largest absolute Gasteiger partial charge is 0.542 e. The van der Waals surface area contributed by atoms with Crippen LogP contribution in [0, 0.1) is 0 Å². The molecule has 1 aromatic rings. The van der Waals surface area contributed by atoms with Gasteiger partial charge in [0.1, 0.15) is 17.4 Å². The van der Waals surface area contributed by atoms with Gasteiger partial charge in [0.05, 0.1) is 20.2 Å². The van der Waals surface area contributed by atoms with Crippen molar-refractivity contribution in [1.82, 2.24) is 10.3 Å². The summed E-state index contributed by atoms with van der Waals surface area (Å²) in [5.41, 5.74) is 4.20. The zero-order valence-electron chi connectivity index (χ0n) is 11.5. The highest BCUT2D eigenvalue weighted by Gasteiger charge is 2.28. The quantitative estimate of drug-likeness (QED) is 0.553. The molecule has 1 heterocycles. The number of amides is 1. The maximum absolute atomic E-state index is 11.4. The van der Waals surface area contributed by atoms with Gasteiger partial charge in [-0.05, 0) is 12.1 Å². The van der Waals surface area contributed by atoms with Crippen LogP contribution in [0.1, 0.15) is 21.0 Å². The number of aromatic amines is 1. The van der Waals surface area contributed by atoms with Crippen molar-refractivity contribution in [3.63, 3.8) is 0 Å². The summed E-state index contributed by atoms with van der Waals surface area (Å²) < 4.78 is 36.0. The molecule has 0 unspecified atom stereocenters. The van der Waals surface area contributed by atoms with E-state index in [1.165, 1.54) is 19.2 Å². The highest BCUT2D eigenvalue weighted by molar-refractivity contribution is 5.95. The van der Waals surface area contributed by atoms with Gasteiger partial charge in [-0.25, -0.2) is 4.79 Å². The smallest absolute Gasteiger partial charge is 0.430 e. The fourth-order valence-electron chi connectivity index (χ4n) is 1.05. The van der Waals surface area contributed by atoms with Crippen molar-refractivity contribution in [2.24, 2.45) is 0 Å². The molecule has 8 nitrogen and oxygen atoms in total. The van der Waals surface area contributed by atoms with Crippen LogP contribution >= 0.6 is 0 Å². The lowest BCUT2D eigenvalue weighted by Crippen LogP contribution is -2.54. The summed E-state index contributed by atoms with van der Waals surface area (Å²) in [6.07, 6.45) is -5.19. The number of methoxy groups -OCH3 is 1. The molecule has 1 rings (SSSR count). The Morgan fingerprint density at radius 2 is 1.82 bits per heavy atom. The fourth-order valence-corrected chi connectivity index (χ4v) is 1.05. The number of carboxylic acid groups (broad SMARTS) is 1.